The van der Waals surface area contributed by atoms with E-state index in [-0.39, 0.29) is 16.9 Å². The number of H-pyrrole nitrogens is 1. The largest absolute Gasteiger partial charge is 0.381 e. The van der Waals surface area contributed by atoms with E-state index in [1.54, 1.807) is 31.5 Å². The molecule has 10 nitrogen and oxygen atoms in total. The van der Waals surface area contributed by atoms with Crippen LogP contribution in [0.1, 0.15) is 40.4 Å². The third-order valence-electron chi connectivity index (χ3n) is 6.42. The molecule has 1 atom stereocenters. The Hall–Kier alpha value is -5.51. The van der Waals surface area contributed by atoms with E-state index < -0.39 is 11.9 Å². The summed E-state index contributed by atoms with van der Waals surface area (Å²) in [5.74, 6) is -0.0327. The number of rotatable bonds is 6. The molecule has 1 amide bonds. The number of fused-ring (bicyclic) bond motifs is 2. The monoisotopic (exact) mass is 516 g/mol. The van der Waals surface area contributed by atoms with Crippen molar-refractivity contribution in [1.82, 2.24) is 34.4 Å². The van der Waals surface area contributed by atoms with Gasteiger partial charge in [-0.2, -0.15) is 0 Å². The number of nitrogens with one attached hydrogen (secondary N) is 2. The highest BCUT2D eigenvalue weighted by Gasteiger charge is 2.24. The Morgan fingerprint density at radius 2 is 1.90 bits per heavy atom. The Kier molecular flexibility index (Phi) is 5.96. The number of carbonyl (C=O) groups excluding carboxylic acids is 1. The number of carbonyl (C=O) groups is 1. The van der Waals surface area contributed by atoms with E-state index in [0.717, 1.165) is 11.3 Å². The lowest BCUT2D eigenvalue weighted by Crippen LogP contribution is -2.33. The summed E-state index contributed by atoms with van der Waals surface area (Å²) in [6, 6.07) is 19.7. The number of hydrogen-bond acceptors (Lipinski definition) is 6. The number of nitrogen functional groups attached to an aromatic ring is 1. The lowest BCUT2D eigenvalue weighted by molar-refractivity contribution is 0.0940. The van der Waals surface area contributed by atoms with Crippen molar-refractivity contribution in [3.63, 3.8) is 0 Å². The van der Waals surface area contributed by atoms with Gasteiger partial charge in [0.2, 0.25) is 0 Å². The SMILES string of the molecule is C[C@@H](NC(=O)c1c(N)nn2cccnc12)c1nc2cccc(/C=C/c3ccc[nH]3)c2c(=O)n1-c1ccccc1. The van der Waals surface area contributed by atoms with Crippen LogP contribution in [0, 0.1) is 0 Å². The zero-order chi connectivity index (χ0) is 26.9. The second-order valence-electron chi connectivity index (χ2n) is 8.99. The molecule has 0 unspecified atom stereocenters. The van der Waals surface area contributed by atoms with Crippen LogP contribution in [0.3, 0.4) is 0 Å². The van der Waals surface area contributed by atoms with Gasteiger partial charge in [0.15, 0.2) is 11.5 Å². The third-order valence-corrected chi connectivity index (χ3v) is 6.42. The number of para-hydroxylation sites is 1. The van der Waals surface area contributed by atoms with Gasteiger partial charge < -0.3 is 16.0 Å². The van der Waals surface area contributed by atoms with Gasteiger partial charge in [-0.1, -0.05) is 36.4 Å². The maximum atomic E-state index is 14.1. The first-order valence-electron chi connectivity index (χ1n) is 12.3. The Balaban J connectivity index is 1.47. The third kappa shape index (κ3) is 4.33. The van der Waals surface area contributed by atoms with Crippen molar-refractivity contribution >= 4 is 40.4 Å². The quantitative estimate of drug-likeness (QED) is 0.306. The average molecular weight is 517 g/mol. The Morgan fingerprint density at radius 1 is 1.05 bits per heavy atom. The van der Waals surface area contributed by atoms with Crippen LogP contribution in [0.25, 0.3) is 34.4 Å². The normalized spacial score (nSPS) is 12.3. The molecule has 0 bridgehead atoms. The Bertz CT molecular complexity index is 1900. The van der Waals surface area contributed by atoms with Crippen LogP contribution in [-0.2, 0) is 0 Å². The standard InChI is InChI=1S/C29H24N8O2/c1-18(33-28(38)24-25(30)35-36-17-7-16-32-27(24)36)26-34-22-12-5-8-19(13-14-20-9-6-15-31-20)23(22)29(39)37(26)21-10-3-2-4-11-21/h2-18,31H,1H3,(H2,30,35)(H,33,38)/b14-13+/t18-/m1/s1. The molecule has 0 aliphatic carbocycles. The molecule has 0 aliphatic heterocycles. The van der Waals surface area contributed by atoms with E-state index >= 15 is 0 Å². The molecule has 0 radical (unpaired) electrons. The fourth-order valence-electron chi connectivity index (χ4n) is 4.61. The molecule has 4 aromatic heterocycles. The lowest BCUT2D eigenvalue weighted by Gasteiger charge is -2.20. The maximum absolute atomic E-state index is 14.1. The van der Waals surface area contributed by atoms with Gasteiger partial charge in [0.1, 0.15) is 11.4 Å². The number of amides is 1. The molecule has 192 valence electrons. The molecule has 0 fully saturated rings. The summed E-state index contributed by atoms with van der Waals surface area (Å²) in [5.41, 5.74) is 9.11. The second-order valence-corrected chi connectivity index (χ2v) is 8.99. The smallest absolute Gasteiger partial charge is 0.266 e. The number of hydrogen-bond donors (Lipinski definition) is 3. The second kappa shape index (κ2) is 9.75. The Labute approximate surface area is 222 Å². The topological polar surface area (TPSA) is 136 Å². The molecule has 0 saturated carbocycles. The molecule has 6 aromatic rings. The number of benzene rings is 2. The molecular formula is C29H24N8O2. The molecule has 10 heteroatoms. The Morgan fingerprint density at radius 3 is 2.69 bits per heavy atom. The summed E-state index contributed by atoms with van der Waals surface area (Å²) in [5, 5.41) is 7.59. The van der Waals surface area contributed by atoms with E-state index in [1.807, 2.05) is 72.9 Å². The number of nitrogens with zero attached hydrogens (tertiary/aromatic N) is 5. The number of nitrogens with two attached hydrogens (primary N) is 1. The fourth-order valence-corrected chi connectivity index (χ4v) is 4.61. The zero-order valence-electron chi connectivity index (χ0n) is 20.9. The molecule has 4 heterocycles. The first-order valence-corrected chi connectivity index (χ1v) is 12.3. The van der Waals surface area contributed by atoms with Crippen LogP contribution < -0.4 is 16.6 Å². The van der Waals surface area contributed by atoms with Crippen molar-refractivity contribution in [1.29, 1.82) is 0 Å². The van der Waals surface area contributed by atoms with Crippen LogP contribution in [0.15, 0.2) is 90.1 Å². The summed E-state index contributed by atoms with van der Waals surface area (Å²) in [6.07, 6.45) is 8.87. The minimum Gasteiger partial charge on any atom is -0.381 e. The summed E-state index contributed by atoms with van der Waals surface area (Å²) < 4.78 is 2.99. The van der Waals surface area contributed by atoms with Crippen molar-refractivity contribution in [3.8, 4) is 5.69 Å². The number of aromatic nitrogens is 6. The summed E-state index contributed by atoms with van der Waals surface area (Å²) >= 11 is 0. The summed E-state index contributed by atoms with van der Waals surface area (Å²) in [7, 11) is 0. The van der Waals surface area contributed by atoms with Crippen LogP contribution in [-0.4, -0.2) is 35.0 Å². The highest BCUT2D eigenvalue weighted by Crippen LogP contribution is 2.23. The molecule has 4 N–H and O–H groups in total. The van der Waals surface area contributed by atoms with Crippen molar-refractivity contribution in [2.24, 2.45) is 0 Å². The summed E-state index contributed by atoms with van der Waals surface area (Å²) in [4.78, 5) is 39.7. The van der Waals surface area contributed by atoms with E-state index in [0.29, 0.717) is 28.1 Å². The van der Waals surface area contributed by atoms with Gasteiger partial charge in [0, 0.05) is 24.3 Å². The maximum Gasteiger partial charge on any atom is 0.266 e. The fraction of sp³-hybridized carbons (Fsp3) is 0.0690. The van der Waals surface area contributed by atoms with Gasteiger partial charge in [0.05, 0.1) is 22.6 Å². The highest BCUT2D eigenvalue weighted by atomic mass is 16.2. The molecule has 0 aliphatic rings. The minimum atomic E-state index is -0.661. The van der Waals surface area contributed by atoms with Gasteiger partial charge in [-0.15, -0.1) is 5.10 Å². The molecule has 39 heavy (non-hydrogen) atoms. The van der Waals surface area contributed by atoms with Crippen molar-refractivity contribution in [2.45, 2.75) is 13.0 Å². The molecular weight excluding hydrogens is 492 g/mol. The van der Waals surface area contributed by atoms with E-state index in [2.05, 4.69) is 20.4 Å². The van der Waals surface area contributed by atoms with Gasteiger partial charge in [-0.25, -0.2) is 14.5 Å². The first kappa shape index (κ1) is 23.9. The first-order chi connectivity index (χ1) is 19.0. The highest BCUT2D eigenvalue weighted by molar-refractivity contribution is 6.04. The van der Waals surface area contributed by atoms with Gasteiger partial charge in [0.25, 0.3) is 11.5 Å². The summed E-state index contributed by atoms with van der Waals surface area (Å²) in [6.45, 7) is 1.77. The minimum absolute atomic E-state index is 0.0591. The molecule has 0 saturated heterocycles. The molecule has 2 aromatic carbocycles. The lowest BCUT2D eigenvalue weighted by atomic mass is 10.1. The molecule has 0 spiro atoms. The van der Waals surface area contributed by atoms with Crippen LogP contribution in [0.4, 0.5) is 5.82 Å². The van der Waals surface area contributed by atoms with Crippen LogP contribution in [0.5, 0.6) is 0 Å². The van der Waals surface area contributed by atoms with Crippen molar-refractivity contribution < 1.29 is 4.79 Å². The van der Waals surface area contributed by atoms with E-state index in [1.165, 1.54) is 9.08 Å². The van der Waals surface area contributed by atoms with Gasteiger partial charge in [-0.3, -0.25) is 14.2 Å². The number of anilines is 1. The average Bonchev–Trinajstić information content (AvgIpc) is 3.59. The van der Waals surface area contributed by atoms with Crippen LogP contribution in [0.2, 0.25) is 0 Å². The van der Waals surface area contributed by atoms with E-state index in [4.69, 9.17) is 10.7 Å². The van der Waals surface area contributed by atoms with Gasteiger partial charge >= 0.3 is 0 Å². The van der Waals surface area contributed by atoms with Gasteiger partial charge in [-0.05, 0) is 55.0 Å². The molecule has 6 rings (SSSR count). The predicted molar refractivity (Wildman–Crippen MR) is 150 cm³/mol. The van der Waals surface area contributed by atoms with Crippen molar-refractivity contribution in [2.75, 3.05) is 5.73 Å². The number of aromatic amines is 1. The van der Waals surface area contributed by atoms with Crippen molar-refractivity contribution in [3.05, 3.63) is 118 Å². The van der Waals surface area contributed by atoms with Crippen LogP contribution >= 0.6 is 0 Å². The zero-order valence-corrected chi connectivity index (χ0v) is 20.9. The van der Waals surface area contributed by atoms with E-state index in [9.17, 15) is 9.59 Å². The predicted octanol–water partition coefficient (Wildman–Crippen LogP) is 4.00.